The molecule has 0 saturated carbocycles. The molecule has 0 aliphatic heterocycles. The maximum atomic E-state index is 12.4. The van der Waals surface area contributed by atoms with Crippen LogP contribution < -0.4 is 5.56 Å². The van der Waals surface area contributed by atoms with Crippen LogP contribution in [-0.2, 0) is 0 Å². The Morgan fingerprint density at radius 3 is 2.86 bits per heavy atom. The van der Waals surface area contributed by atoms with Gasteiger partial charge in [0.25, 0.3) is 5.56 Å². The third kappa shape index (κ3) is 2.34. The number of phenols is 1. The fourth-order valence-electron chi connectivity index (χ4n) is 2.03. The lowest BCUT2D eigenvalue weighted by Gasteiger charge is -1.99. The van der Waals surface area contributed by atoms with Gasteiger partial charge in [0.15, 0.2) is 0 Å². The van der Waals surface area contributed by atoms with Gasteiger partial charge in [0, 0.05) is 10.4 Å². The number of nitrogens with zero attached hydrogens (tertiary/aromatic N) is 3. The van der Waals surface area contributed by atoms with E-state index < -0.39 is 0 Å². The topological polar surface area (TPSA) is 67.5 Å². The highest BCUT2D eigenvalue weighted by Crippen LogP contribution is 2.25. The van der Waals surface area contributed by atoms with Crippen LogP contribution in [0.2, 0.25) is 0 Å². The van der Waals surface area contributed by atoms with Crippen molar-refractivity contribution >= 4 is 27.8 Å². The van der Waals surface area contributed by atoms with Gasteiger partial charge in [-0.15, -0.1) is 11.3 Å². The second-order valence-corrected chi connectivity index (χ2v) is 5.86. The SMILES string of the molecule is Cc1sc2ncn(N=Cc3ccccc3O)c(=O)c2c1C. The minimum atomic E-state index is -0.200. The Bertz CT molecular complexity index is 909. The van der Waals surface area contributed by atoms with Crippen molar-refractivity contribution in [2.24, 2.45) is 5.10 Å². The van der Waals surface area contributed by atoms with Crippen LogP contribution in [0.1, 0.15) is 16.0 Å². The van der Waals surface area contributed by atoms with Crippen LogP contribution in [0.25, 0.3) is 10.2 Å². The number of aryl methyl sites for hydroxylation is 2. The van der Waals surface area contributed by atoms with Crippen LogP contribution in [0.15, 0.2) is 40.5 Å². The zero-order valence-electron chi connectivity index (χ0n) is 11.6. The van der Waals surface area contributed by atoms with Gasteiger partial charge < -0.3 is 5.11 Å². The Morgan fingerprint density at radius 1 is 1.33 bits per heavy atom. The fraction of sp³-hybridized carbons (Fsp3) is 0.133. The monoisotopic (exact) mass is 299 g/mol. The predicted molar refractivity (Wildman–Crippen MR) is 84.5 cm³/mol. The van der Waals surface area contributed by atoms with Crippen molar-refractivity contribution in [3.63, 3.8) is 0 Å². The number of fused-ring (bicyclic) bond motifs is 1. The van der Waals surface area contributed by atoms with E-state index in [1.165, 1.54) is 28.6 Å². The molecule has 0 amide bonds. The highest BCUT2D eigenvalue weighted by molar-refractivity contribution is 7.18. The summed E-state index contributed by atoms with van der Waals surface area (Å²) >= 11 is 1.50. The summed E-state index contributed by atoms with van der Waals surface area (Å²) in [7, 11) is 0. The number of hydrogen-bond donors (Lipinski definition) is 1. The lowest BCUT2D eigenvalue weighted by Crippen LogP contribution is -2.16. The van der Waals surface area contributed by atoms with Gasteiger partial charge in [-0.2, -0.15) is 9.78 Å². The molecule has 0 unspecified atom stereocenters. The first-order valence-corrected chi connectivity index (χ1v) is 7.19. The van der Waals surface area contributed by atoms with E-state index in [0.717, 1.165) is 15.3 Å². The third-order valence-electron chi connectivity index (χ3n) is 3.33. The van der Waals surface area contributed by atoms with Crippen LogP contribution in [0.5, 0.6) is 5.75 Å². The first-order chi connectivity index (χ1) is 10.1. The maximum absolute atomic E-state index is 12.4. The second-order valence-electron chi connectivity index (χ2n) is 4.66. The normalized spacial score (nSPS) is 11.5. The quantitative estimate of drug-likeness (QED) is 0.740. The molecule has 106 valence electrons. The van der Waals surface area contributed by atoms with Gasteiger partial charge in [0.2, 0.25) is 0 Å². The standard InChI is InChI=1S/C15H13N3O2S/c1-9-10(2)21-14-13(9)15(20)18(8-16-14)17-7-11-5-3-4-6-12(11)19/h3-8,19H,1-2H3. The van der Waals surface area contributed by atoms with Gasteiger partial charge in [0.05, 0.1) is 11.6 Å². The van der Waals surface area contributed by atoms with E-state index in [1.807, 2.05) is 13.8 Å². The number of thiophene rings is 1. The molecule has 0 fully saturated rings. The number of para-hydroxylation sites is 1. The molecule has 0 saturated heterocycles. The molecular formula is C15H13N3O2S. The van der Waals surface area contributed by atoms with E-state index in [2.05, 4.69) is 10.1 Å². The summed E-state index contributed by atoms with van der Waals surface area (Å²) in [5.74, 6) is 0.117. The van der Waals surface area contributed by atoms with E-state index in [9.17, 15) is 9.90 Å². The molecule has 0 bridgehead atoms. The molecule has 0 atom stereocenters. The minimum Gasteiger partial charge on any atom is -0.507 e. The molecule has 1 N–H and O–H groups in total. The molecule has 3 aromatic rings. The summed E-state index contributed by atoms with van der Waals surface area (Å²) in [5.41, 5.74) is 1.29. The Labute approximate surface area is 124 Å². The van der Waals surface area contributed by atoms with Crippen LogP contribution in [-0.4, -0.2) is 21.0 Å². The lowest BCUT2D eigenvalue weighted by atomic mass is 10.2. The minimum absolute atomic E-state index is 0.117. The van der Waals surface area contributed by atoms with Gasteiger partial charge in [-0.1, -0.05) is 12.1 Å². The summed E-state index contributed by atoms with van der Waals surface area (Å²) in [6.45, 7) is 3.88. The molecular weight excluding hydrogens is 286 g/mol. The molecule has 0 aliphatic carbocycles. The lowest BCUT2D eigenvalue weighted by molar-refractivity contribution is 0.474. The molecule has 3 rings (SSSR count). The predicted octanol–water partition coefficient (Wildman–Crippen LogP) is 2.66. The van der Waals surface area contributed by atoms with Gasteiger partial charge in [-0.05, 0) is 31.5 Å². The van der Waals surface area contributed by atoms with Crippen molar-refractivity contribution < 1.29 is 5.11 Å². The van der Waals surface area contributed by atoms with E-state index >= 15 is 0 Å². The van der Waals surface area contributed by atoms with E-state index in [0.29, 0.717) is 10.9 Å². The molecule has 0 spiro atoms. The van der Waals surface area contributed by atoms with E-state index in [4.69, 9.17) is 0 Å². The first-order valence-electron chi connectivity index (χ1n) is 6.37. The third-order valence-corrected chi connectivity index (χ3v) is 4.45. The van der Waals surface area contributed by atoms with Crippen LogP contribution >= 0.6 is 11.3 Å². The number of rotatable bonds is 2. The molecule has 0 radical (unpaired) electrons. The molecule has 0 aliphatic rings. The smallest absolute Gasteiger partial charge is 0.282 e. The number of hydrogen-bond acceptors (Lipinski definition) is 5. The van der Waals surface area contributed by atoms with E-state index in [1.54, 1.807) is 24.3 Å². The highest BCUT2D eigenvalue weighted by atomic mass is 32.1. The van der Waals surface area contributed by atoms with Crippen molar-refractivity contribution in [2.75, 3.05) is 0 Å². The van der Waals surface area contributed by atoms with Gasteiger partial charge in [-0.25, -0.2) is 4.98 Å². The number of phenolic OH excluding ortho intramolecular Hbond substituents is 1. The molecule has 2 heterocycles. The zero-order valence-corrected chi connectivity index (χ0v) is 12.4. The molecule has 2 aromatic heterocycles. The van der Waals surface area contributed by atoms with Crippen molar-refractivity contribution in [2.45, 2.75) is 13.8 Å². The first kappa shape index (κ1) is 13.5. The van der Waals surface area contributed by atoms with Crippen LogP contribution in [0.3, 0.4) is 0 Å². The Hall–Kier alpha value is -2.47. The van der Waals surface area contributed by atoms with Gasteiger partial charge in [-0.3, -0.25) is 4.79 Å². The zero-order chi connectivity index (χ0) is 15.0. The average molecular weight is 299 g/mol. The summed E-state index contributed by atoms with van der Waals surface area (Å²) < 4.78 is 1.19. The largest absolute Gasteiger partial charge is 0.507 e. The summed E-state index contributed by atoms with van der Waals surface area (Å²) in [5, 5.41) is 14.4. The molecule has 5 nitrogen and oxygen atoms in total. The highest BCUT2D eigenvalue weighted by Gasteiger charge is 2.11. The summed E-state index contributed by atoms with van der Waals surface area (Å²) in [4.78, 5) is 18.5. The number of aromatic nitrogens is 2. The van der Waals surface area contributed by atoms with Gasteiger partial charge >= 0.3 is 0 Å². The molecule has 1 aromatic carbocycles. The van der Waals surface area contributed by atoms with Crippen molar-refractivity contribution in [1.82, 2.24) is 9.66 Å². The molecule has 21 heavy (non-hydrogen) atoms. The number of aromatic hydroxyl groups is 1. The van der Waals surface area contributed by atoms with Crippen molar-refractivity contribution in [3.8, 4) is 5.75 Å². The Balaban J connectivity index is 2.10. The van der Waals surface area contributed by atoms with Crippen LogP contribution in [0.4, 0.5) is 0 Å². The Kier molecular flexibility index (Phi) is 3.31. The molecule has 6 heteroatoms. The van der Waals surface area contributed by atoms with E-state index in [-0.39, 0.29) is 11.3 Å². The number of benzene rings is 1. The maximum Gasteiger partial charge on any atom is 0.282 e. The van der Waals surface area contributed by atoms with Gasteiger partial charge in [0.1, 0.15) is 16.9 Å². The Morgan fingerprint density at radius 2 is 2.10 bits per heavy atom. The summed E-state index contributed by atoms with van der Waals surface area (Å²) in [6, 6.07) is 6.80. The van der Waals surface area contributed by atoms with Crippen molar-refractivity contribution in [3.05, 3.63) is 57.0 Å². The summed E-state index contributed by atoms with van der Waals surface area (Å²) in [6.07, 6.45) is 2.84. The fourth-order valence-corrected chi connectivity index (χ4v) is 3.02. The second kappa shape index (κ2) is 5.14. The average Bonchev–Trinajstić information content (AvgIpc) is 2.76. The van der Waals surface area contributed by atoms with Crippen LogP contribution in [0, 0.1) is 13.8 Å². The van der Waals surface area contributed by atoms with Crippen molar-refractivity contribution in [1.29, 1.82) is 0 Å².